The number of carbonyl (C=O) groups is 2. The lowest BCUT2D eigenvalue weighted by Gasteiger charge is -2.29. The number of fused-ring (bicyclic) bond motifs is 1. The summed E-state index contributed by atoms with van der Waals surface area (Å²) in [6.45, 7) is 6.44. The summed E-state index contributed by atoms with van der Waals surface area (Å²) in [4.78, 5) is 27.0. The van der Waals surface area contributed by atoms with Crippen molar-refractivity contribution in [2.24, 2.45) is 17.8 Å². The average Bonchev–Trinajstić information content (AvgIpc) is 3.33. The third kappa shape index (κ3) is 3.49. The van der Waals surface area contributed by atoms with Crippen LogP contribution in [0.25, 0.3) is 0 Å². The molecule has 1 spiro atoms. The van der Waals surface area contributed by atoms with Crippen LogP contribution in [0.3, 0.4) is 0 Å². The van der Waals surface area contributed by atoms with Gasteiger partial charge in [-0.3, -0.25) is 9.59 Å². The topological polar surface area (TPSA) is 58.6 Å². The number of rotatable bonds is 6. The van der Waals surface area contributed by atoms with Gasteiger partial charge in [-0.1, -0.05) is 32.0 Å². The van der Waals surface area contributed by atoms with E-state index in [9.17, 15) is 9.59 Å². The molecule has 0 saturated carbocycles. The molecule has 2 bridgehead atoms. The lowest BCUT2D eigenvalue weighted by Crippen LogP contribution is -2.41. The molecule has 146 valence electrons. The van der Waals surface area contributed by atoms with Crippen LogP contribution in [0.5, 0.6) is 0 Å². The fraction of sp³-hybridized carbons (Fsp3) is 0.636. The first kappa shape index (κ1) is 18.5. The molecule has 3 aliphatic rings. The van der Waals surface area contributed by atoms with Crippen LogP contribution in [-0.2, 0) is 9.53 Å². The number of hydrogen-bond donors (Lipinski definition) is 1. The molecule has 3 aliphatic heterocycles. The Balaban J connectivity index is 1.38. The fourth-order valence-corrected chi connectivity index (χ4v) is 5.13. The maximum atomic E-state index is 12.6. The molecule has 0 aliphatic carbocycles. The Kier molecular flexibility index (Phi) is 4.97. The summed E-state index contributed by atoms with van der Waals surface area (Å²) in [5.74, 6) is 1.41. The second-order valence-corrected chi connectivity index (χ2v) is 8.81. The van der Waals surface area contributed by atoms with Crippen molar-refractivity contribution in [2.75, 3.05) is 19.6 Å². The van der Waals surface area contributed by atoms with E-state index in [-0.39, 0.29) is 23.5 Å². The Bertz CT molecular complexity index is 705. The molecule has 4 rings (SSSR count). The predicted molar refractivity (Wildman–Crippen MR) is 103 cm³/mol. The number of ether oxygens (including phenoxy) is 1. The molecule has 0 radical (unpaired) electrons. The minimum Gasteiger partial charge on any atom is -0.369 e. The number of nitrogens with zero attached hydrogens (tertiary/aromatic N) is 1. The first-order valence-corrected chi connectivity index (χ1v) is 10.3. The van der Waals surface area contributed by atoms with Crippen molar-refractivity contribution in [1.82, 2.24) is 10.2 Å². The minimum absolute atomic E-state index is 0.0321. The van der Waals surface area contributed by atoms with Gasteiger partial charge in [0, 0.05) is 36.9 Å². The molecule has 5 heteroatoms. The van der Waals surface area contributed by atoms with Crippen molar-refractivity contribution < 1.29 is 14.3 Å². The van der Waals surface area contributed by atoms with Crippen LogP contribution in [0.1, 0.15) is 49.9 Å². The van der Waals surface area contributed by atoms with E-state index < -0.39 is 0 Å². The Morgan fingerprint density at radius 1 is 1.30 bits per heavy atom. The van der Waals surface area contributed by atoms with Crippen molar-refractivity contribution >= 4 is 11.8 Å². The lowest BCUT2D eigenvalue weighted by molar-refractivity contribution is -0.132. The largest absolute Gasteiger partial charge is 0.369 e. The van der Waals surface area contributed by atoms with Gasteiger partial charge in [0.1, 0.15) is 0 Å². The second-order valence-electron chi connectivity index (χ2n) is 8.81. The third-order valence-corrected chi connectivity index (χ3v) is 6.61. The van der Waals surface area contributed by atoms with Crippen LogP contribution in [0, 0.1) is 17.8 Å². The number of carbonyl (C=O) groups excluding carboxylic acids is 2. The Morgan fingerprint density at radius 2 is 2.07 bits per heavy atom. The first-order chi connectivity index (χ1) is 13.0. The average molecular weight is 370 g/mol. The first-order valence-electron chi connectivity index (χ1n) is 10.3. The summed E-state index contributed by atoms with van der Waals surface area (Å²) in [6.07, 6.45) is 3.86. The van der Waals surface area contributed by atoms with Gasteiger partial charge >= 0.3 is 0 Å². The van der Waals surface area contributed by atoms with E-state index in [1.165, 1.54) is 0 Å². The van der Waals surface area contributed by atoms with Crippen molar-refractivity contribution in [3.63, 3.8) is 0 Å². The molecule has 1 aromatic carbocycles. The number of nitrogens with one attached hydrogen (secondary N) is 1. The van der Waals surface area contributed by atoms with E-state index >= 15 is 0 Å². The van der Waals surface area contributed by atoms with Crippen LogP contribution < -0.4 is 5.32 Å². The molecule has 27 heavy (non-hydrogen) atoms. The molecule has 3 fully saturated rings. The Hall–Kier alpha value is -1.88. The lowest BCUT2D eigenvalue weighted by atomic mass is 9.73. The summed E-state index contributed by atoms with van der Waals surface area (Å²) in [5.41, 5.74) is 0.522. The highest BCUT2D eigenvalue weighted by Gasteiger charge is 2.63. The number of likely N-dealkylation sites (tertiary alicyclic amines) is 1. The summed E-state index contributed by atoms with van der Waals surface area (Å²) in [6, 6.07) is 9.33. The minimum atomic E-state index is -0.166. The van der Waals surface area contributed by atoms with Gasteiger partial charge in [0.15, 0.2) is 0 Å². The number of amides is 2. The monoisotopic (exact) mass is 370 g/mol. The van der Waals surface area contributed by atoms with Gasteiger partial charge in [-0.2, -0.15) is 0 Å². The second kappa shape index (κ2) is 7.27. The van der Waals surface area contributed by atoms with Crippen LogP contribution in [0.4, 0.5) is 0 Å². The smallest absolute Gasteiger partial charge is 0.251 e. The van der Waals surface area contributed by atoms with E-state index in [2.05, 4.69) is 19.2 Å². The summed E-state index contributed by atoms with van der Waals surface area (Å²) in [7, 11) is 0. The molecule has 0 unspecified atom stereocenters. The van der Waals surface area contributed by atoms with Crippen molar-refractivity contribution in [3.05, 3.63) is 35.9 Å². The van der Waals surface area contributed by atoms with Crippen LogP contribution >= 0.6 is 0 Å². The summed E-state index contributed by atoms with van der Waals surface area (Å²) in [5, 5.41) is 3.10. The van der Waals surface area contributed by atoms with Crippen molar-refractivity contribution in [2.45, 2.75) is 51.2 Å². The van der Waals surface area contributed by atoms with Gasteiger partial charge in [-0.15, -0.1) is 0 Å². The van der Waals surface area contributed by atoms with Crippen LogP contribution in [0.15, 0.2) is 30.3 Å². The Morgan fingerprint density at radius 3 is 2.81 bits per heavy atom. The quantitative estimate of drug-likeness (QED) is 0.838. The third-order valence-electron chi connectivity index (χ3n) is 6.61. The molecule has 2 amide bonds. The van der Waals surface area contributed by atoms with E-state index in [1.54, 1.807) is 0 Å². The zero-order chi connectivity index (χ0) is 19.0. The normalized spacial score (nSPS) is 31.4. The van der Waals surface area contributed by atoms with Crippen molar-refractivity contribution in [3.8, 4) is 0 Å². The molecular weight excluding hydrogens is 340 g/mol. The Labute approximate surface area is 161 Å². The number of hydrogen-bond acceptors (Lipinski definition) is 3. The SMILES string of the molecule is CC(C)CCC(=O)N1C[C@@H]2[C@H](CNC(=O)c3ccccc3)[C@H]3CC[C@]2(C1)O3. The molecule has 3 saturated heterocycles. The highest BCUT2D eigenvalue weighted by Crippen LogP contribution is 2.54. The molecule has 5 nitrogen and oxygen atoms in total. The van der Waals surface area contributed by atoms with Gasteiger partial charge in [0.2, 0.25) is 5.91 Å². The van der Waals surface area contributed by atoms with E-state index in [0.29, 0.717) is 36.3 Å². The van der Waals surface area contributed by atoms with E-state index in [4.69, 9.17) is 4.74 Å². The maximum Gasteiger partial charge on any atom is 0.251 e. The molecular formula is C22H30N2O3. The van der Waals surface area contributed by atoms with Gasteiger partial charge in [-0.05, 0) is 37.3 Å². The summed E-state index contributed by atoms with van der Waals surface area (Å²) >= 11 is 0. The molecule has 1 N–H and O–H groups in total. The molecule has 0 aromatic heterocycles. The van der Waals surface area contributed by atoms with Gasteiger partial charge < -0.3 is 15.0 Å². The zero-order valence-electron chi connectivity index (χ0n) is 16.3. The number of benzene rings is 1. The highest BCUT2D eigenvalue weighted by atomic mass is 16.5. The molecule has 3 heterocycles. The molecule has 1 aromatic rings. The van der Waals surface area contributed by atoms with Crippen LogP contribution in [0.2, 0.25) is 0 Å². The van der Waals surface area contributed by atoms with Crippen LogP contribution in [-0.4, -0.2) is 48.1 Å². The van der Waals surface area contributed by atoms with E-state index in [1.807, 2.05) is 35.2 Å². The van der Waals surface area contributed by atoms with Gasteiger partial charge in [0.25, 0.3) is 5.91 Å². The maximum absolute atomic E-state index is 12.6. The van der Waals surface area contributed by atoms with Gasteiger partial charge in [0.05, 0.1) is 18.2 Å². The molecule has 4 atom stereocenters. The van der Waals surface area contributed by atoms with E-state index in [0.717, 1.165) is 32.4 Å². The van der Waals surface area contributed by atoms with Gasteiger partial charge in [-0.25, -0.2) is 0 Å². The standard InChI is InChI=1S/C22H30N2O3/c1-15(2)8-9-20(25)24-13-18-17(19-10-11-22(18,14-24)27-19)12-23-21(26)16-6-4-3-5-7-16/h3-7,15,17-19H,8-14H2,1-2H3,(H,23,26)/t17-,18+,19+,22+/m0/s1. The summed E-state index contributed by atoms with van der Waals surface area (Å²) < 4.78 is 6.40. The van der Waals surface area contributed by atoms with Crippen molar-refractivity contribution in [1.29, 1.82) is 0 Å². The predicted octanol–water partition coefficient (Wildman–Crippen LogP) is 2.86. The zero-order valence-corrected chi connectivity index (χ0v) is 16.3. The fourth-order valence-electron chi connectivity index (χ4n) is 5.13. The highest BCUT2D eigenvalue weighted by molar-refractivity contribution is 5.94.